The fourth-order valence-electron chi connectivity index (χ4n) is 2.73. The molecule has 0 aliphatic rings. The van der Waals surface area contributed by atoms with E-state index in [2.05, 4.69) is 10.6 Å². The van der Waals surface area contributed by atoms with Gasteiger partial charge in [-0.05, 0) is 69.6 Å². The lowest BCUT2D eigenvalue weighted by molar-refractivity contribution is -0.153. The van der Waals surface area contributed by atoms with Crippen molar-refractivity contribution in [3.05, 3.63) is 65.7 Å². The summed E-state index contributed by atoms with van der Waals surface area (Å²) < 4.78 is 5.54. The van der Waals surface area contributed by atoms with Crippen molar-refractivity contribution in [3.8, 4) is 0 Å². The van der Waals surface area contributed by atoms with E-state index in [0.717, 1.165) is 16.8 Å². The molecule has 156 valence electrons. The summed E-state index contributed by atoms with van der Waals surface area (Å²) in [4.78, 5) is 12.2. The van der Waals surface area contributed by atoms with Crippen LogP contribution in [0.3, 0.4) is 0 Å². The fraction of sp³-hybridized carbons (Fsp3) is 0.391. The van der Waals surface area contributed by atoms with Gasteiger partial charge < -0.3 is 21.1 Å². The number of ether oxygens (including phenoxy) is 1. The number of benzene rings is 2. The Morgan fingerprint density at radius 3 is 2.28 bits per heavy atom. The monoisotopic (exact) mass is 413 g/mol. The van der Waals surface area contributed by atoms with Gasteiger partial charge >= 0.3 is 5.97 Å². The van der Waals surface area contributed by atoms with Crippen molar-refractivity contribution in [2.45, 2.75) is 46.2 Å². The number of hydrogen-bond acceptors (Lipinski definition) is 4. The van der Waals surface area contributed by atoms with E-state index in [9.17, 15) is 4.79 Å². The maximum absolute atomic E-state index is 12.2. The standard InChI is InChI=1S/C23H31N3O2S/c1-16(18-10-12-19(24)13-11-18)25-22(29)26-20(14-17-8-6-5-7-9-17)15-28-21(27)23(2,3)4/h5-13,16,20H,14-15,24H2,1-4H3,(H2,25,26,29)/t16-,20-/m1/s1. The minimum Gasteiger partial charge on any atom is -0.463 e. The van der Waals surface area contributed by atoms with Crippen molar-refractivity contribution in [1.82, 2.24) is 10.6 Å². The molecule has 0 aliphatic heterocycles. The Balaban J connectivity index is 2.00. The second kappa shape index (κ2) is 10.3. The maximum Gasteiger partial charge on any atom is 0.311 e. The lowest BCUT2D eigenvalue weighted by atomic mass is 9.97. The van der Waals surface area contributed by atoms with Crippen LogP contribution in [0.4, 0.5) is 5.69 Å². The predicted molar refractivity (Wildman–Crippen MR) is 122 cm³/mol. The van der Waals surface area contributed by atoms with Crippen LogP contribution in [0.25, 0.3) is 0 Å². The number of esters is 1. The van der Waals surface area contributed by atoms with Gasteiger partial charge in [0.2, 0.25) is 0 Å². The minimum absolute atomic E-state index is 0.0186. The highest BCUT2D eigenvalue weighted by molar-refractivity contribution is 7.80. The molecule has 0 spiro atoms. The highest BCUT2D eigenvalue weighted by Gasteiger charge is 2.24. The third kappa shape index (κ3) is 7.74. The number of carbonyl (C=O) groups excluding carboxylic acids is 1. The van der Waals surface area contributed by atoms with Crippen molar-refractivity contribution < 1.29 is 9.53 Å². The Bertz CT molecular complexity index is 801. The fourth-order valence-corrected chi connectivity index (χ4v) is 3.08. The molecule has 6 heteroatoms. The molecule has 0 aromatic heterocycles. The third-order valence-electron chi connectivity index (χ3n) is 4.47. The number of anilines is 1. The SMILES string of the molecule is C[C@@H](NC(=S)N[C@@H](COC(=O)C(C)(C)C)Cc1ccccc1)c1ccc(N)cc1. The number of nitrogen functional groups attached to an aromatic ring is 1. The van der Waals surface area contributed by atoms with Gasteiger partial charge in [0, 0.05) is 5.69 Å². The van der Waals surface area contributed by atoms with E-state index >= 15 is 0 Å². The van der Waals surface area contributed by atoms with Crippen molar-refractivity contribution in [3.63, 3.8) is 0 Å². The molecule has 4 N–H and O–H groups in total. The van der Waals surface area contributed by atoms with E-state index < -0.39 is 5.41 Å². The number of nitrogens with one attached hydrogen (secondary N) is 2. The highest BCUT2D eigenvalue weighted by Crippen LogP contribution is 2.16. The van der Waals surface area contributed by atoms with Gasteiger partial charge in [0.05, 0.1) is 17.5 Å². The average Bonchev–Trinajstić information content (AvgIpc) is 2.66. The second-order valence-electron chi connectivity index (χ2n) is 8.24. The quantitative estimate of drug-likeness (QED) is 0.362. The molecule has 0 unspecified atom stereocenters. The van der Waals surface area contributed by atoms with E-state index in [-0.39, 0.29) is 24.7 Å². The molecule has 0 amide bonds. The van der Waals surface area contributed by atoms with Crippen LogP contribution in [-0.4, -0.2) is 23.7 Å². The Labute approximate surface area is 179 Å². The van der Waals surface area contributed by atoms with Crippen LogP contribution in [0, 0.1) is 5.41 Å². The molecule has 2 aromatic carbocycles. The summed E-state index contributed by atoms with van der Waals surface area (Å²) in [5.74, 6) is -0.230. The molecule has 2 aromatic rings. The van der Waals surface area contributed by atoms with Crippen molar-refractivity contribution in [1.29, 1.82) is 0 Å². The maximum atomic E-state index is 12.2. The summed E-state index contributed by atoms with van der Waals surface area (Å²) in [7, 11) is 0. The largest absolute Gasteiger partial charge is 0.463 e. The molecule has 29 heavy (non-hydrogen) atoms. The molecule has 0 aliphatic carbocycles. The number of nitrogens with two attached hydrogens (primary N) is 1. The van der Waals surface area contributed by atoms with Crippen molar-refractivity contribution >= 4 is 29.0 Å². The zero-order chi connectivity index (χ0) is 21.4. The molecule has 5 nitrogen and oxygen atoms in total. The van der Waals surface area contributed by atoms with Gasteiger partial charge in [-0.25, -0.2) is 0 Å². The topological polar surface area (TPSA) is 76.4 Å². The van der Waals surface area contributed by atoms with E-state index in [1.54, 1.807) is 0 Å². The average molecular weight is 414 g/mol. The smallest absolute Gasteiger partial charge is 0.311 e. The van der Waals surface area contributed by atoms with Crippen LogP contribution < -0.4 is 16.4 Å². The van der Waals surface area contributed by atoms with Crippen LogP contribution in [-0.2, 0) is 16.0 Å². The van der Waals surface area contributed by atoms with Gasteiger partial charge in [0.25, 0.3) is 0 Å². The zero-order valence-corrected chi connectivity index (χ0v) is 18.4. The van der Waals surface area contributed by atoms with E-state index in [1.165, 1.54) is 0 Å². The Morgan fingerprint density at radius 2 is 1.69 bits per heavy atom. The lowest BCUT2D eigenvalue weighted by Gasteiger charge is -2.25. The van der Waals surface area contributed by atoms with E-state index in [4.69, 9.17) is 22.7 Å². The van der Waals surface area contributed by atoms with E-state index in [0.29, 0.717) is 11.5 Å². The van der Waals surface area contributed by atoms with Crippen LogP contribution in [0.5, 0.6) is 0 Å². The number of thiocarbonyl (C=S) groups is 1. The van der Waals surface area contributed by atoms with Crippen molar-refractivity contribution in [2.24, 2.45) is 5.41 Å². The molecule has 0 bridgehead atoms. The lowest BCUT2D eigenvalue weighted by Crippen LogP contribution is -2.46. The first kappa shape index (κ1) is 22.7. The summed E-state index contributed by atoms with van der Waals surface area (Å²) in [6.07, 6.45) is 0.691. The molecule has 2 rings (SSSR count). The first-order valence-electron chi connectivity index (χ1n) is 9.79. The molecular formula is C23H31N3O2S. The van der Waals surface area contributed by atoms with Crippen LogP contribution >= 0.6 is 12.2 Å². The summed E-state index contributed by atoms with van der Waals surface area (Å²) in [6, 6.07) is 17.6. The predicted octanol–water partition coefficient (Wildman–Crippen LogP) is 3.99. The molecule has 0 saturated carbocycles. The van der Waals surface area contributed by atoms with Gasteiger partial charge in [0.15, 0.2) is 5.11 Å². The summed E-state index contributed by atoms with van der Waals surface area (Å²) in [6.45, 7) is 7.80. The molecule has 0 saturated heterocycles. The summed E-state index contributed by atoms with van der Waals surface area (Å²) in [5, 5.41) is 7.11. The van der Waals surface area contributed by atoms with Gasteiger partial charge in [0.1, 0.15) is 6.61 Å². The number of rotatable bonds is 7. The Kier molecular flexibility index (Phi) is 8.02. The summed E-state index contributed by atoms with van der Waals surface area (Å²) >= 11 is 5.51. The normalized spacial score (nSPS) is 13.2. The second-order valence-corrected chi connectivity index (χ2v) is 8.65. The first-order valence-corrected chi connectivity index (χ1v) is 10.2. The molecule has 0 fully saturated rings. The molecule has 0 radical (unpaired) electrons. The van der Waals surface area contributed by atoms with Crippen LogP contribution in [0.1, 0.15) is 44.9 Å². The molecule has 2 atom stereocenters. The third-order valence-corrected chi connectivity index (χ3v) is 4.71. The number of hydrogen-bond donors (Lipinski definition) is 3. The van der Waals surface area contributed by atoms with E-state index in [1.807, 2.05) is 82.3 Å². The highest BCUT2D eigenvalue weighted by atomic mass is 32.1. The molecule has 0 heterocycles. The summed E-state index contributed by atoms with van der Waals surface area (Å²) in [5.41, 5.74) is 8.17. The molecular weight excluding hydrogens is 382 g/mol. The van der Waals surface area contributed by atoms with Crippen LogP contribution in [0.2, 0.25) is 0 Å². The zero-order valence-electron chi connectivity index (χ0n) is 17.6. The van der Waals surface area contributed by atoms with Gasteiger partial charge in [-0.15, -0.1) is 0 Å². The van der Waals surface area contributed by atoms with Gasteiger partial charge in [-0.1, -0.05) is 42.5 Å². The number of carbonyl (C=O) groups is 1. The minimum atomic E-state index is -0.542. The van der Waals surface area contributed by atoms with Crippen LogP contribution in [0.15, 0.2) is 54.6 Å². The first-order chi connectivity index (χ1) is 13.6. The van der Waals surface area contributed by atoms with Gasteiger partial charge in [-0.3, -0.25) is 4.79 Å². The van der Waals surface area contributed by atoms with Crippen molar-refractivity contribution in [2.75, 3.05) is 12.3 Å². The Morgan fingerprint density at radius 1 is 1.07 bits per heavy atom. The Hall–Kier alpha value is -2.60. The van der Waals surface area contributed by atoms with Gasteiger partial charge in [-0.2, -0.15) is 0 Å².